The van der Waals surface area contributed by atoms with E-state index in [1.54, 1.807) is 7.11 Å². The summed E-state index contributed by atoms with van der Waals surface area (Å²) in [5.74, 6) is 6.61. The first-order valence-electron chi connectivity index (χ1n) is 10.3. The van der Waals surface area contributed by atoms with E-state index < -0.39 is 12.3 Å². The standard InChI is InChI=1S/C24H33NO3/c1-3-4-5-6-7-8-9-10-11-18-12-13-19-14-15-20(24(27)21(19)16-18)22(28-2)17-23(25)26/h12-16,22-23,26-27H,3-9,17,25H2,1-2H3/t22-,23?/m0/s1. The smallest absolute Gasteiger partial charge is 0.129 e. The van der Waals surface area contributed by atoms with Crippen LogP contribution in [0.25, 0.3) is 10.8 Å². The van der Waals surface area contributed by atoms with Crippen molar-refractivity contribution < 1.29 is 14.9 Å². The fourth-order valence-corrected chi connectivity index (χ4v) is 3.39. The molecule has 2 rings (SSSR count). The molecule has 2 atom stereocenters. The molecule has 152 valence electrons. The summed E-state index contributed by atoms with van der Waals surface area (Å²) in [7, 11) is 1.54. The Bertz CT molecular complexity index is 805. The monoisotopic (exact) mass is 383 g/mol. The van der Waals surface area contributed by atoms with Crippen LogP contribution in [0.1, 0.15) is 75.5 Å². The zero-order valence-electron chi connectivity index (χ0n) is 17.1. The number of benzene rings is 2. The van der Waals surface area contributed by atoms with Gasteiger partial charge in [0.1, 0.15) is 12.0 Å². The first-order valence-corrected chi connectivity index (χ1v) is 10.3. The molecular formula is C24H33NO3. The minimum Gasteiger partial charge on any atom is -0.507 e. The van der Waals surface area contributed by atoms with Gasteiger partial charge in [-0.25, -0.2) is 0 Å². The lowest BCUT2D eigenvalue weighted by Gasteiger charge is -2.19. The van der Waals surface area contributed by atoms with Crippen molar-refractivity contribution >= 4 is 10.8 Å². The van der Waals surface area contributed by atoms with Crippen molar-refractivity contribution in [2.75, 3.05) is 7.11 Å². The van der Waals surface area contributed by atoms with E-state index in [1.807, 2.05) is 30.3 Å². The molecule has 0 aliphatic carbocycles. The van der Waals surface area contributed by atoms with E-state index >= 15 is 0 Å². The highest BCUT2D eigenvalue weighted by atomic mass is 16.5. The number of aliphatic hydroxyl groups excluding tert-OH is 1. The van der Waals surface area contributed by atoms with Crippen LogP contribution in [0.5, 0.6) is 5.75 Å². The molecule has 0 fully saturated rings. The number of phenolic OH excluding ortho intramolecular Hbond substituents is 1. The highest BCUT2D eigenvalue weighted by molar-refractivity contribution is 5.90. The van der Waals surface area contributed by atoms with Gasteiger partial charge in [-0.2, -0.15) is 0 Å². The van der Waals surface area contributed by atoms with Crippen LogP contribution in [0, 0.1) is 11.8 Å². The molecule has 0 bridgehead atoms. The third-order valence-electron chi connectivity index (χ3n) is 5.00. The van der Waals surface area contributed by atoms with Crippen LogP contribution in [0.3, 0.4) is 0 Å². The molecule has 0 amide bonds. The summed E-state index contributed by atoms with van der Waals surface area (Å²) in [4.78, 5) is 0. The average Bonchev–Trinajstić information content (AvgIpc) is 2.69. The summed E-state index contributed by atoms with van der Waals surface area (Å²) in [5.41, 5.74) is 6.99. The van der Waals surface area contributed by atoms with Crippen molar-refractivity contribution in [1.29, 1.82) is 0 Å². The largest absolute Gasteiger partial charge is 0.507 e. The summed E-state index contributed by atoms with van der Waals surface area (Å²) in [6.45, 7) is 2.23. The van der Waals surface area contributed by atoms with Crippen LogP contribution in [0.4, 0.5) is 0 Å². The van der Waals surface area contributed by atoms with Crippen molar-refractivity contribution in [3.8, 4) is 17.6 Å². The lowest BCUT2D eigenvalue weighted by Crippen LogP contribution is -2.22. The second-order valence-corrected chi connectivity index (χ2v) is 7.29. The van der Waals surface area contributed by atoms with Crippen molar-refractivity contribution in [2.45, 2.75) is 70.6 Å². The molecule has 28 heavy (non-hydrogen) atoms. The number of unbranched alkanes of at least 4 members (excludes halogenated alkanes) is 6. The van der Waals surface area contributed by atoms with Crippen LogP contribution in [0.15, 0.2) is 30.3 Å². The second-order valence-electron chi connectivity index (χ2n) is 7.29. The van der Waals surface area contributed by atoms with Crippen LogP contribution in [-0.2, 0) is 4.74 Å². The zero-order chi connectivity index (χ0) is 20.4. The summed E-state index contributed by atoms with van der Waals surface area (Å²) in [6, 6.07) is 9.61. The second kappa shape index (κ2) is 11.7. The first-order chi connectivity index (χ1) is 13.6. The van der Waals surface area contributed by atoms with Crippen LogP contribution >= 0.6 is 0 Å². The normalized spacial score (nSPS) is 13.1. The maximum absolute atomic E-state index is 10.8. The van der Waals surface area contributed by atoms with Gasteiger partial charge in [0.2, 0.25) is 0 Å². The number of aliphatic hydroxyl groups is 1. The molecule has 0 radical (unpaired) electrons. The first kappa shape index (κ1) is 22.2. The Hall–Kier alpha value is -2.06. The molecule has 2 aromatic rings. The van der Waals surface area contributed by atoms with Gasteiger partial charge in [-0.3, -0.25) is 0 Å². The number of hydrogen-bond acceptors (Lipinski definition) is 4. The molecule has 4 heteroatoms. The SMILES string of the molecule is CCCCCCCCC#Cc1ccc2ccc([C@H](CC(N)O)OC)c(O)c2c1. The van der Waals surface area contributed by atoms with E-state index in [2.05, 4.69) is 18.8 Å². The number of phenols is 1. The van der Waals surface area contributed by atoms with E-state index in [4.69, 9.17) is 10.5 Å². The van der Waals surface area contributed by atoms with E-state index in [0.29, 0.717) is 5.56 Å². The van der Waals surface area contributed by atoms with Gasteiger partial charge in [-0.1, -0.05) is 69.1 Å². The number of fused-ring (bicyclic) bond motifs is 1. The van der Waals surface area contributed by atoms with Gasteiger partial charge in [0.15, 0.2) is 0 Å². The van der Waals surface area contributed by atoms with Crippen molar-refractivity contribution in [3.05, 3.63) is 41.5 Å². The fraction of sp³-hybridized carbons (Fsp3) is 0.500. The lowest BCUT2D eigenvalue weighted by atomic mass is 9.98. The van der Waals surface area contributed by atoms with E-state index in [0.717, 1.165) is 29.2 Å². The average molecular weight is 384 g/mol. The Kier molecular flexibility index (Phi) is 9.30. The third kappa shape index (κ3) is 6.53. The highest BCUT2D eigenvalue weighted by Gasteiger charge is 2.19. The minimum atomic E-state index is -1.00. The molecule has 0 saturated heterocycles. The van der Waals surface area contributed by atoms with Crippen LogP contribution in [-0.4, -0.2) is 23.6 Å². The maximum atomic E-state index is 10.8. The topological polar surface area (TPSA) is 75.7 Å². The molecule has 0 heterocycles. The molecule has 0 spiro atoms. The lowest BCUT2D eigenvalue weighted by molar-refractivity contribution is 0.0457. The number of rotatable bonds is 10. The zero-order valence-corrected chi connectivity index (χ0v) is 17.1. The Balaban J connectivity index is 2.09. The molecule has 0 aliphatic rings. The number of hydrogen-bond donors (Lipinski definition) is 3. The van der Waals surface area contributed by atoms with Gasteiger partial charge < -0.3 is 20.7 Å². The predicted octanol–water partition coefficient (Wildman–Crippen LogP) is 5.00. The Morgan fingerprint density at radius 2 is 1.79 bits per heavy atom. The minimum absolute atomic E-state index is 0.157. The molecule has 0 saturated carbocycles. The Morgan fingerprint density at radius 3 is 2.50 bits per heavy atom. The molecule has 0 aromatic heterocycles. The molecular weight excluding hydrogens is 350 g/mol. The van der Waals surface area contributed by atoms with Gasteiger partial charge in [-0.15, -0.1) is 0 Å². The summed E-state index contributed by atoms with van der Waals surface area (Å²) < 4.78 is 5.41. The van der Waals surface area contributed by atoms with Gasteiger partial charge in [0, 0.05) is 36.5 Å². The molecule has 1 unspecified atom stereocenters. The van der Waals surface area contributed by atoms with Gasteiger partial charge >= 0.3 is 0 Å². The number of nitrogens with two attached hydrogens (primary N) is 1. The maximum Gasteiger partial charge on any atom is 0.129 e. The third-order valence-corrected chi connectivity index (χ3v) is 5.00. The number of aromatic hydroxyl groups is 1. The fourth-order valence-electron chi connectivity index (χ4n) is 3.39. The van der Waals surface area contributed by atoms with Crippen molar-refractivity contribution in [1.82, 2.24) is 0 Å². The Labute approximate surface area is 168 Å². The number of methoxy groups -OCH3 is 1. The quantitative estimate of drug-likeness (QED) is 0.306. The number of ether oxygens (including phenoxy) is 1. The molecule has 4 nitrogen and oxygen atoms in total. The van der Waals surface area contributed by atoms with Gasteiger partial charge in [0.25, 0.3) is 0 Å². The predicted molar refractivity (Wildman–Crippen MR) is 115 cm³/mol. The highest BCUT2D eigenvalue weighted by Crippen LogP contribution is 2.35. The molecule has 2 aromatic carbocycles. The van der Waals surface area contributed by atoms with Crippen molar-refractivity contribution in [2.24, 2.45) is 5.73 Å². The van der Waals surface area contributed by atoms with Crippen LogP contribution < -0.4 is 5.73 Å². The van der Waals surface area contributed by atoms with E-state index in [1.165, 1.54) is 32.1 Å². The van der Waals surface area contributed by atoms with Gasteiger partial charge in [0.05, 0.1) is 6.10 Å². The summed E-state index contributed by atoms with van der Waals surface area (Å²) >= 11 is 0. The van der Waals surface area contributed by atoms with Crippen molar-refractivity contribution in [3.63, 3.8) is 0 Å². The molecule has 0 aliphatic heterocycles. The summed E-state index contributed by atoms with van der Waals surface area (Å²) in [6.07, 6.45) is 7.23. The van der Waals surface area contributed by atoms with E-state index in [-0.39, 0.29) is 12.2 Å². The van der Waals surface area contributed by atoms with E-state index in [9.17, 15) is 10.2 Å². The van der Waals surface area contributed by atoms with Crippen LogP contribution in [0.2, 0.25) is 0 Å². The molecule has 4 N–H and O–H groups in total. The Morgan fingerprint density at radius 1 is 1.07 bits per heavy atom. The summed E-state index contributed by atoms with van der Waals surface area (Å²) in [5, 5.41) is 21.9. The van der Waals surface area contributed by atoms with Gasteiger partial charge in [-0.05, 0) is 23.9 Å².